The average Bonchev–Trinajstić information content (AvgIpc) is 2.64. The summed E-state index contributed by atoms with van der Waals surface area (Å²) in [6.07, 6.45) is 0. The molecule has 2 unspecified atom stereocenters. The second-order valence-electron chi connectivity index (χ2n) is 6.07. The quantitative estimate of drug-likeness (QED) is 0.603. The van der Waals surface area contributed by atoms with Crippen molar-refractivity contribution in [3.63, 3.8) is 0 Å². The van der Waals surface area contributed by atoms with Crippen LogP contribution in [0.15, 0.2) is 54.6 Å². The van der Waals surface area contributed by atoms with Crippen LogP contribution in [0.25, 0.3) is 0 Å². The number of halogens is 1. The zero-order chi connectivity index (χ0) is 18.9. The van der Waals surface area contributed by atoms with Gasteiger partial charge in [-0.3, -0.25) is 9.59 Å². The number of benzene rings is 2. The van der Waals surface area contributed by atoms with Crippen molar-refractivity contribution >= 4 is 29.9 Å². The van der Waals surface area contributed by atoms with Gasteiger partial charge < -0.3 is 21.1 Å². The number of nitrogens with two attached hydrogens (primary N) is 1. The lowest BCUT2D eigenvalue weighted by Gasteiger charge is -2.20. The number of carbonyl (C=O) groups is 2. The highest BCUT2D eigenvalue weighted by molar-refractivity contribution is 5.88. The van der Waals surface area contributed by atoms with Crippen LogP contribution in [-0.4, -0.2) is 25.0 Å². The van der Waals surface area contributed by atoms with Crippen molar-refractivity contribution < 1.29 is 14.3 Å². The molecule has 0 saturated heterocycles. The molecule has 0 aliphatic rings. The van der Waals surface area contributed by atoms with Gasteiger partial charge in [-0.05, 0) is 17.7 Å². The van der Waals surface area contributed by atoms with E-state index in [0.29, 0.717) is 24.6 Å². The Bertz CT molecular complexity index is 740. The molecule has 0 saturated carbocycles. The number of anilines is 1. The van der Waals surface area contributed by atoms with Crippen LogP contribution in [0, 0.1) is 5.92 Å². The lowest BCUT2D eigenvalue weighted by atomic mass is 9.95. The molecule has 0 aromatic heterocycles. The van der Waals surface area contributed by atoms with Gasteiger partial charge in [-0.2, -0.15) is 0 Å². The summed E-state index contributed by atoms with van der Waals surface area (Å²) in [5, 5.41) is 5.53. The van der Waals surface area contributed by atoms with E-state index >= 15 is 0 Å². The van der Waals surface area contributed by atoms with Crippen LogP contribution < -0.4 is 21.1 Å². The van der Waals surface area contributed by atoms with E-state index in [1.807, 2.05) is 37.3 Å². The first-order valence-electron chi connectivity index (χ1n) is 8.56. The van der Waals surface area contributed by atoms with Crippen LogP contribution in [0.2, 0.25) is 0 Å². The molecular weight excluding hydrogens is 366 g/mol. The molecule has 146 valence electrons. The summed E-state index contributed by atoms with van der Waals surface area (Å²) in [6.45, 7) is 3.95. The van der Waals surface area contributed by atoms with Gasteiger partial charge in [0.1, 0.15) is 12.4 Å². The van der Waals surface area contributed by atoms with Crippen molar-refractivity contribution in [2.45, 2.75) is 19.9 Å². The van der Waals surface area contributed by atoms with E-state index in [1.54, 1.807) is 24.3 Å². The molecule has 4 N–H and O–H groups in total. The van der Waals surface area contributed by atoms with Gasteiger partial charge in [0, 0.05) is 24.7 Å². The number of carbonyl (C=O) groups excluding carboxylic acids is 2. The highest BCUT2D eigenvalue weighted by Crippen LogP contribution is 2.19. The Morgan fingerprint density at radius 2 is 1.81 bits per heavy atom. The smallest absolute Gasteiger partial charge is 0.224 e. The van der Waals surface area contributed by atoms with Crippen LogP contribution in [0.5, 0.6) is 5.75 Å². The molecule has 0 radical (unpaired) electrons. The van der Waals surface area contributed by atoms with Crippen molar-refractivity contribution in [1.82, 2.24) is 5.32 Å². The fourth-order valence-electron chi connectivity index (χ4n) is 2.50. The van der Waals surface area contributed by atoms with Crippen LogP contribution in [0.4, 0.5) is 5.69 Å². The molecule has 2 rings (SSSR count). The van der Waals surface area contributed by atoms with Gasteiger partial charge in [-0.15, -0.1) is 12.4 Å². The van der Waals surface area contributed by atoms with Crippen LogP contribution in [-0.2, 0) is 9.59 Å². The summed E-state index contributed by atoms with van der Waals surface area (Å²) >= 11 is 0. The van der Waals surface area contributed by atoms with E-state index in [-0.39, 0.29) is 36.2 Å². The second-order valence-corrected chi connectivity index (χ2v) is 6.07. The Morgan fingerprint density at radius 3 is 2.48 bits per heavy atom. The molecule has 0 bridgehead atoms. The van der Waals surface area contributed by atoms with Crippen molar-refractivity contribution in [2.24, 2.45) is 11.7 Å². The minimum absolute atomic E-state index is 0. The third-order valence-corrected chi connectivity index (χ3v) is 3.96. The minimum Gasteiger partial charge on any atom is -0.492 e. The highest BCUT2D eigenvalue weighted by Gasteiger charge is 2.21. The molecule has 27 heavy (non-hydrogen) atoms. The standard InChI is InChI=1S/C20H25N3O3.ClH/c1-14(19(21)16-7-4-3-5-8-16)20(25)22-11-12-26-18-10-6-9-17(13-18)23-15(2)24;/h3-10,13-14,19H,11-12,21H2,1-2H3,(H,22,25)(H,23,24);1H. The third-order valence-electron chi connectivity index (χ3n) is 3.96. The Balaban J connectivity index is 0.00000364. The van der Waals surface area contributed by atoms with Crippen molar-refractivity contribution in [3.8, 4) is 5.75 Å². The number of rotatable bonds is 8. The van der Waals surface area contributed by atoms with E-state index in [2.05, 4.69) is 10.6 Å². The predicted octanol–water partition coefficient (Wildman–Crippen LogP) is 2.90. The van der Waals surface area contributed by atoms with Crippen LogP contribution >= 0.6 is 12.4 Å². The van der Waals surface area contributed by atoms with Gasteiger partial charge in [0.15, 0.2) is 0 Å². The van der Waals surface area contributed by atoms with Crippen molar-refractivity contribution in [1.29, 1.82) is 0 Å². The molecule has 2 aromatic rings. The summed E-state index contributed by atoms with van der Waals surface area (Å²) in [5.41, 5.74) is 7.76. The Morgan fingerprint density at radius 1 is 1.11 bits per heavy atom. The van der Waals surface area contributed by atoms with Gasteiger partial charge in [-0.25, -0.2) is 0 Å². The number of hydrogen-bond donors (Lipinski definition) is 3. The summed E-state index contributed by atoms with van der Waals surface area (Å²) in [7, 11) is 0. The fourth-order valence-corrected chi connectivity index (χ4v) is 2.50. The van der Waals surface area contributed by atoms with Crippen molar-refractivity contribution in [2.75, 3.05) is 18.5 Å². The maximum Gasteiger partial charge on any atom is 0.224 e. The van der Waals surface area contributed by atoms with Gasteiger partial charge in [0.2, 0.25) is 11.8 Å². The first-order valence-corrected chi connectivity index (χ1v) is 8.56. The molecule has 6 nitrogen and oxygen atoms in total. The zero-order valence-corrected chi connectivity index (χ0v) is 16.3. The molecular formula is C20H26ClN3O3. The van der Waals surface area contributed by atoms with E-state index < -0.39 is 0 Å². The lowest BCUT2D eigenvalue weighted by Crippen LogP contribution is -2.37. The van der Waals surface area contributed by atoms with E-state index in [9.17, 15) is 9.59 Å². The van der Waals surface area contributed by atoms with Gasteiger partial charge in [-0.1, -0.05) is 43.3 Å². The molecule has 2 aromatic carbocycles. The summed E-state index contributed by atoms with van der Waals surface area (Å²) < 4.78 is 5.61. The predicted molar refractivity (Wildman–Crippen MR) is 109 cm³/mol. The first-order chi connectivity index (χ1) is 12.5. The van der Waals surface area contributed by atoms with E-state index in [0.717, 1.165) is 5.56 Å². The minimum atomic E-state index is -0.355. The Hall–Kier alpha value is -2.57. The average molecular weight is 392 g/mol. The molecule has 0 spiro atoms. The maximum atomic E-state index is 12.3. The van der Waals surface area contributed by atoms with Crippen LogP contribution in [0.3, 0.4) is 0 Å². The monoisotopic (exact) mass is 391 g/mol. The topological polar surface area (TPSA) is 93.5 Å². The molecule has 0 heterocycles. The second kappa shape index (κ2) is 11.2. The lowest BCUT2D eigenvalue weighted by molar-refractivity contribution is -0.125. The summed E-state index contributed by atoms with van der Waals surface area (Å²) in [5.74, 6) is 0.0233. The van der Waals surface area contributed by atoms with Crippen molar-refractivity contribution in [3.05, 3.63) is 60.2 Å². The maximum absolute atomic E-state index is 12.3. The Labute approximate surface area is 165 Å². The number of nitrogens with one attached hydrogen (secondary N) is 2. The molecule has 2 amide bonds. The normalized spacial score (nSPS) is 12.3. The van der Waals surface area contributed by atoms with Gasteiger partial charge >= 0.3 is 0 Å². The largest absolute Gasteiger partial charge is 0.492 e. The van der Waals surface area contributed by atoms with E-state index in [4.69, 9.17) is 10.5 Å². The Kier molecular flexibility index (Phi) is 9.33. The number of hydrogen-bond acceptors (Lipinski definition) is 4. The third kappa shape index (κ3) is 7.29. The van der Waals surface area contributed by atoms with Gasteiger partial charge in [0.25, 0.3) is 0 Å². The fraction of sp³-hybridized carbons (Fsp3) is 0.300. The summed E-state index contributed by atoms with van der Waals surface area (Å²) in [4.78, 5) is 23.3. The van der Waals surface area contributed by atoms with Gasteiger partial charge in [0.05, 0.1) is 12.5 Å². The molecule has 0 fully saturated rings. The molecule has 0 aliphatic carbocycles. The number of ether oxygens (including phenoxy) is 1. The first kappa shape index (κ1) is 22.5. The molecule has 2 atom stereocenters. The molecule has 7 heteroatoms. The highest BCUT2D eigenvalue weighted by atomic mass is 35.5. The SMILES string of the molecule is CC(=O)Nc1cccc(OCCNC(=O)C(C)C(N)c2ccccc2)c1.Cl. The molecule has 0 aliphatic heterocycles. The zero-order valence-electron chi connectivity index (χ0n) is 15.5. The summed E-state index contributed by atoms with van der Waals surface area (Å²) in [6, 6.07) is 16.3. The van der Waals surface area contributed by atoms with E-state index in [1.165, 1.54) is 6.92 Å². The number of amides is 2. The van der Waals surface area contributed by atoms with Crippen LogP contribution in [0.1, 0.15) is 25.5 Å².